The predicted octanol–water partition coefficient (Wildman–Crippen LogP) is 0.527. The number of hydrogen-bond donors (Lipinski definition) is 2. The van der Waals surface area contributed by atoms with E-state index in [0.717, 1.165) is 30.2 Å². The summed E-state index contributed by atoms with van der Waals surface area (Å²) in [5.41, 5.74) is 0.253. The summed E-state index contributed by atoms with van der Waals surface area (Å²) < 4.78 is 32.5. The first kappa shape index (κ1) is 20.3. The van der Waals surface area contributed by atoms with Crippen LogP contribution in [0, 0.1) is 0 Å². The Bertz CT molecular complexity index is 906. The van der Waals surface area contributed by atoms with Crippen molar-refractivity contribution in [1.29, 1.82) is 0 Å². The number of benzene rings is 1. The number of carbonyl (C=O) groups excluding carboxylic acids is 2. The van der Waals surface area contributed by atoms with Crippen LogP contribution < -0.4 is 10.1 Å². The number of aliphatic hydroxyl groups is 1. The Balaban J connectivity index is 1.89. The number of nitrogens with zero attached hydrogens (tertiary/aromatic N) is 2. The smallest absolute Gasteiger partial charge is 0.277 e. The lowest BCUT2D eigenvalue weighted by molar-refractivity contribution is -0.137. The molecule has 2 aliphatic heterocycles. The van der Waals surface area contributed by atoms with E-state index in [-0.39, 0.29) is 29.4 Å². The van der Waals surface area contributed by atoms with Gasteiger partial charge in [0.15, 0.2) is 0 Å². The first-order chi connectivity index (χ1) is 13.4. The van der Waals surface area contributed by atoms with Gasteiger partial charge in [0, 0.05) is 19.2 Å². The standard InChI is InChI=1S/C18H23N3O6S/c1-27-16-6-5-13(28(25,26)20-7-3-2-4-8-20)11-14(16)19-15-12-17(23)21(9-10-22)18(15)24/h5-6,11-12,19,22H,2-4,7-10H2,1H3. The van der Waals surface area contributed by atoms with Crippen LogP contribution in [-0.2, 0) is 19.6 Å². The van der Waals surface area contributed by atoms with Crippen molar-refractivity contribution in [3.63, 3.8) is 0 Å². The van der Waals surface area contributed by atoms with Gasteiger partial charge < -0.3 is 15.2 Å². The number of ether oxygens (including phenoxy) is 1. The van der Waals surface area contributed by atoms with Gasteiger partial charge in [-0.15, -0.1) is 0 Å². The van der Waals surface area contributed by atoms with Crippen molar-refractivity contribution in [2.45, 2.75) is 24.2 Å². The molecule has 152 valence electrons. The highest BCUT2D eigenvalue weighted by atomic mass is 32.2. The van der Waals surface area contributed by atoms with Gasteiger partial charge in [-0.05, 0) is 31.0 Å². The van der Waals surface area contributed by atoms with Crippen molar-refractivity contribution in [2.24, 2.45) is 0 Å². The van der Waals surface area contributed by atoms with Crippen molar-refractivity contribution in [1.82, 2.24) is 9.21 Å². The van der Waals surface area contributed by atoms with Gasteiger partial charge in [-0.25, -0.2) is 8.42 Å². The Morgan fingerprint density at radius 2 is 1.89 bits per heavy atom. The molecule has 0 aromatic heterocycles. The van der Waals surface area contributed by atoms with E-state index in [2.05, 4.69) is 5.32 Å². The number of imide groups is 1. The SMILES string of the molecule is COc1ccc(S(=O)(=O)N2CCCCC2)cc1NC1=CC(=O)N(CCO)C1=O. The third kappa shape index (κ3) is 3.89. The van der Waals surface area contributed by atoms with Crippen LogP contribution in [0.5, 0.6) is 5.75 Å². The Morgan fingerprint density at radius 3 is 2.54 bits per heavy atom. The maximum atomic E-state index is 12.9. The molecule has 3 rings (SSSR count). The van der Waals surface area contributed by atoms with Gasteiger partial charge in [0.05, 0.1) is 30.8 Å². The third-order valence-corrected chi connectivity index (χ3v) is 6.62. The van der Waals surface area contributed by atoms with Gasteiger partial charge in [0.2, 0.25) is 10.0 Å². The molecule has 0 saturated carbocycles. The number of methoxy groups -OCH3 is 1. The van der Waals surface area contributed by atoms with E-state index in [4.69, 9.17) is 9.84 Å². The van der Waals surface area contributed by atoms with Crippen molar-refractivity contribution in [3.05, 3.63) is 30.0 Å². The predicted molar refractivity (Wildman–Crippen MR) is 101 cm³/mol. The fraction of sp³-hybridized carbons (Fsp3) is 0.444. The highest BCUT2D eigenvalue weighted by Gasteiger charge is 2.32. The molecule has 1 fully saturated rings. The molecule has 1 saturated heterocycles. The van der Waals surface area contributed by atoms with Gasteiger partial charge in [-0.2, -0.15) is 4.31 Å². The summed E-state index contributed by atoms with van der Waals surface area (Å²) in [6.45, 7) is 0.502. The van der Waals surface area contributed by atoms with Gasteiger partial charge in [-0.3, -0.25) is 14.5 Å². The Hall–Kier alpha value is -2.43. The fourth-order valence-corrected chi connectivity index (χ4v) is 4.80. The van der Waals surface area contributed by atoms with Gasteiger partial charge in [0.25, 0.3) is 11.8 Å². The molecule has 2 N–H and O–H groups in total. The first-order valence-electron chi connectivity index (χ1n) is 9.02. The largest absolute Gasteiger partial charge is 0.495 e. The Labute approximate surface area is 163 Å². The summed E-state index contributed by atoms with van der Waals surface area (Å²) in [4.78, 5) is 25.2. The van der Waals surface area contributed by atoms with Gasteiger partial charge in [-0.1, -0.05) is 6.42 Å². The molecule has 0 atom stereocenters. The van der Waals surface area contributed by atoms with E-state index in [1.54, 1.807) is 0 Å². The molecular formula is C18H23N3O6S. The Morgan fingerprint density at radius 1 is 1.18 bits per heavy atom. The zero-order valence-electron chi connectivity index (χ0n) is 15.6. The quantitative estimate of drug-likeness (QED) is 0.631. The normalized spacial score (nSPS) is 18.4. The Kier molecular flexibility index (Phi) is 6.01. The van der Waals surface area contributed by atoms with E-state index in [1.165, 1.54) is 29.6 Å². The zero-order valence-corrected chi connectivity index (χ0v) is 16.4. The second-order valence-corrected chi connectivity index (χ2v) is 8.47. The highest BCUT2D eigenvalue weighted by molar-refractivity contribution is 7.89. The second-order valence-electron chi connectivity index (χ2n) is 6.53. The molecule has 1 aromatic rings. The van der Waals surface area contributed by atoms with Crippen LogP contribution in [0.4, 0.5) is 5.69 Å². The third-order valence-electron chi connectivity index (χ3n) is 4.73. The first-order valence-corrected chi connectivity index (χ1v) is 10.5. The molecular weight excluding hydrogens is 386 g/mol. The van der Waals surface area contributed by atoms with Crippen LogP contribution in [0.3, 0.4) is 0 Å². The summed E-state index contributed by atoms with van der Waals surface area (Å²) >= 11 is 0. The minimum absolute atomic E-state index is 0.00993. The molecule has 2 aliphatic rings. The molecule has 0 radical (unpaired) electrons. The van der Waals surface area contributed by atoms with Crippen molar-refractivity contribution in [3.8, 4) is 5.75 Å². The molecule has 0 unspecified atom stereocenters. The summed E-state index contributed by atoms with van der Waals surface area (Å²) in [6, 6.07) is 4.37. The summed E-state index contributed by atoms with van der Waals surface area (Å²) in [6.07, 6.45) is 3.77. The van der Waals surface area contributed by atoms with Gasteiger partial charge in [0.1, 0.15) is 11.4 Å². The molecule has 2 heterocycles. The number of rotatable bonds is 7. The highest BCUT2D eigenvalue weighted by Crippen LogP contribution is 2.31. The van der Waals surface area contributed by atoms with E-state index in [9.17, 15) is 18.0 Å². The van der Waals surface area contributed by atoms with E-state index in [0.29, 0.717) is 18.8 Å². The molecule has 2 amide bonds. The number of β-amino-alcohol motifs (C(OH)–C–C–N with tert-alkyl or cyclic N) is 1. The number of carbonyl (C=O) groups is 2. The average molecular weight is 409 g/mol. The minimum Gasteiger partial charge on any atom is -0.495 e. The minimum atomic E-state index is -3.66. The molecule has 28 heavy (non-hydrogen) atoms. The maximum absolute atomic E-state index is 12.9. The van der Waals surface area contributed by atoms with Crippen LogP contribution in [0.1, 0.15) is 19.3 Å². The summed E-state index contributed by atoms with van der Waals surface area (Å²) in [5.74, 6) is -0.803. The van der Waals surface area contributed by atoms with E-state index < -0.39 is 21.8 Å². The number of hydrogen-bond acceptors (Lipinski definition) is 7. The molecule has 0 bridgehead atoms. The number of piperidine rings is 1. The molecule has 0 aliphatic carbocycles. The number of amides is 2. The lowest BCUT2D eigenvalue weighted by Gasteiger charge is -2.26. The number of aliphatic hydroxyl groups excluding tert-OH is 1. The van der Waals surface area contributed by atoms with Gasteiger partial charge >= 0.3 is 0 Å². The second kappa shape index (κ2) is 8.29. The van der Waals surface area contributed by atoms with Crippen LogP contribution in [0.15, 0.2) is 34.9 Å². The van der Waals surface area contributed by atoms with Crippen LogP contribution in [0.2, 0.25) is 0 Å². The van der Waals surface area contributed by atoms with E-state index >= 15 is 0 Å². The topological polar surface area (TPSA) is 116 Å². The van der Waals surface area contributed by atoms with Crippen molar-refractivity contribution >= 4 is 27.5 Å². The van der Waals surface area contributed by atoms with E-state index in [1.807, 2.05) is 0 Å². The average Bonchev–Trinajstić information content (AvgIpc) is 2.96. The molecule has 1 aromatic carbocycles. The lowest BCUT2D eigenvalue weighted by atomic mass is 10.2. The van der Waals surface area contributed by atoms with Crippen molar-refractivity contribution < 1.29 is 27.9 Å². The zero-order chi connectivity index (χ0) is 20.3. The monoisotopic (exact) mass is 409 g/mol. The number of nitrogens with one attached hydrogen (secondary N) is 1. The van der Waals surface area contributed by atoms with Crippen LogP contribution in [0.25, 0.3) is 0 Å². The molecule has 10 heteroatoms. The number of sulfonamides is 1. The number of anilines is 1. The van der Waals surface area contributed by atoms with Crippen LogP contribution in [-0.4, -0.2) is 67.9 Å². The fourth-order valence-electron chi connectivity index (χ4n) is 3.25. The molecule has 9 nitrogen and oxygen atoms in total. The lowest BCUT2D eigenvalue weighted by Crippen LogP contribution is -2.35. The van der Waals surface area contributed by atoms with Crippen LogP contribution >= 0.6 is 0 Å². The maximum Gasteiger partial charge on any atom is 0.277 e. The molecule has 0 spiro atoms. The summed E-state index contributed by atoms with van der Waals surface area (Å²) in [5, 5.41) is 11.8. The summed E-state index contributed by atoms with van der Waals surface area (Å²) in [7, 11) is -2.24. The van der Waals surface area contributed by atoms with Crippen molar-refractivity contribution in [2.75, 3.05) is 38.7 Å².